The summed E-state index contributed by atoms with van der Waals surface area (Å²) in [4.78, 5) is 9.17. The molecule has 0 fully saturated rings. The molecule has 1 heterocycles. The van der Waals surface area contributed by atoms with Gasteiger partial charge in [0.2, 0.25) is 16.0 Å². The van der Waals surface area contributed by atoms with Gasteiger partial charge in [-0.2, -0.15) is 4.98 Å². The van der Waals surface area contributed by atoms with Crippen molar-refractivity contribution in [2.45, 2.75) is 17.9 Å². The van der Waals surface area contributed by atoms with E-state index in [2.05, 4.69) is 37.2 Å². The zero-order valence-electron chi connectivity index (χ0n) is 18.4. The quantitative estimate of drug-likeness (QED) is 0.203. The normalized spacial score (nSPS) is 12.7. The van der Waals surface area contributed by atoms with Crippen LogP contribution in [-0.4, -0.2) is 46.6 Å². The van der Waals surface area contributed by atoms with Crippen LogP contribution in [0.3, 0.4) is 0 Å². The molecule has 178 valence electrons. The number of hydrogen-bond acceptors (Lipinski definition) is 9. The number of rotatable bonds is 8. The number of aliphatic hydroxyl groups is 1. The maximum atomic E-state index is 11.5. The molecule has 0 saturated heterocycles. The summed E-state index contributed by atoms with van der Waals surface area (Å²) in [5.41, 5.74) is 2.12. The van der Waals surface area contributed by atoms with Gasteiger partial charge in [0.1, 0.15) is 5.82 Å². The largest absolute Gasteiger partial charge is 0.394 e. The predicted molar refractivity (Wildman–Crippen MR) is 133 cm³/mol. The van der Waals surface area contributed by atoms with Gasteiger partial charge < -0.3 is 15.7 Å². The van der Waals surface area contributed by atoms with Crippen LogP contribution in [-0.2, 0) is 20.6 Å². The van der Waals surface area contributed by atoms with Gasteiger partial charge in [-0.3, -0.25) is 9.50 Å². The molecular formula is C22H24N6O4S2. The van der Waals surface area contributed by atoms with E-state index in [9.17, 15) is 17.7 Å². The van der Waals surface area contributed by atoms with Gasteiger partial charge in [0.25, 0.3) is 0 Å². The number of aliphatic hydroxyl groups excluding tert-OH is 1. The van der Waals surface area contributed by atoms with Gasteiger partial charge in [-0.25, -0.2) is 17.6 Å². The Bertz CT molecular complexity index is 1400. The van der Waals surface area contributed by atoms with Gasteiger partial charge in [-0.15, -0.1) is 0 Å². The first-order chi connectivity index (χ1) is 16.1. The molecule has 0 spiro atoms. The van der Waals surface area contributed by atoms with E-state index in [1.807, 2.05) is 0 Å². The van der Waals surface area contributed by atoms with Crippen molar-refractivity contribution in [3.63, 3.8) is 0 Å². The SMILES string of the molecule is C[C@H](CO)Nc1nc(Nc2ccc([SH](=N)=O)cc2)ncc1C#Cc1cccc(NS(C)(=O)=O)c1. The molecule has 2 aromatic carbocycles. The van der Waals surface area contributed by atoms with E-state index < -0.39 is 20.6 Å². The van der Waals surface area contributed by atoms with E-state index in [-0.39, 0.29) is 18.6 Å². The number of anilines is 4. The van der Waals surface area contributed by atoms with Gasteiger partial charge in [-0.1, -0.05) is 17.9 Å². The lowest BCUT2D eigenvalue weighted by Crippen LogP contribution is -2.21. The molecule has 3 aromatic rings. The second-order valence-electron chi connectivity index (χ2n) is 7.36. The Kier molecular flexibility index (Phi) is 8.06. The van der Waals surface area contributed by atoms with Gasteiger partial charge in [0, 0.05) is 27.9 Å². The molecule has 3 rings (SSSR count). The Hall–Kier alpha value is -3.66. The molecule has 0 saturated carbocycles. The summed E-state index contributed by atoms with van der Waals surface area (Å²) in [6.45, 7) is 1.67. The minimum absolute atomic E-state index is 0.119. The zero-order chi connectivity index (χ0) is 24.7. The van der Waals surface area contributed by atoms with Crippen LogP contribution in [0.25, 0.3) is 0 Å². The number of hydrogen-bond donors (Lipinski definition) is 6. The number of nitrogens with zero attached hydrogens (tertiary/aromatic N) is 2. The van der Waals surface area contributed by atoms with Crippen LogP contribution in [0.4, 0.5) is 23.1 Å². The molecule has 0 aliphatic carbocycles. The highest BCUT2D eigenvalue weighted by molar-refractivity contribution is 7.92. The Morgan fingerprint density at radius 2 is 1.88 bits per heavy atom. The zero-order valence-corrected chi connectivity index (χ0v) is 20.1. The molecule has 0 aliphatic heterocycles. The molecule has 12 heteroatoms. The van der Waals surface area contributed by atoms with Crippen LogP contribution in [0.5, 0.6) is 0 Å². The second kappa shape index (κ2) is 11.0. The molecule has 0 radical (unpaired) electrons. The van der Waals surface area contributed by atoms with Crippen molar-refractivity contribution in [2.75, 3.05) is 28.2 Å². The van der Waals surface area contributed by atoms with E-state index in [0.717, 1.165) is 6.26 Å². The molecule has 10 nitrogen and oxygen atoms in total. The molecule has 0 amide bonds. The lowest BCUT2D eigenvalue weighted by Gasteiger charge is -2.14. The first-order valence-corrected chi connectivity index (χ1v) is 13.2. The van der Waals surface area contributed by atoms with Crippen LogP contribution in [0.2, 0.25) is 0 Å². The molecule has 1 aromatic heterocycles. The number of thiol groups is 1. The van der Waals surface area contributed by atoms with Crippen LogP contribution in [0, 0.1) is 16.6 Å². The van der Waals surface area contributed by atoms with E-state index in [1.165, 1.54) is 6.20 Å². The van der Waals surface area contributed by atoms with Crippen molar-refractivity contribution in [2.24, 2.45) is 0 Å². The summed E-state index contributed by atoms with van der Waals surface area (Å²) in [7, 11) is -5.57. The summed E-state index contributed by atoms with van der Waals surface area (Å²) in [5, 5.41) is 15.6. The van der Waals surface area contributed by atoms with E-state index in [4.69, 9.17) is 4.78 Å². The fourth-order valence-electron chi connectivity index (χ4n) is 2.75. The van der Waals surface area contributed by atoms with Crippen molar-refractivity contribution in [1.29, 1.82) is 4.78 Å². The maximum Gasteiger partial charge on any atom is 0.229 e. The highest BCUT2D eigenvalue weighted by atomic mass is 32.2. The van der Waals surface area contributed by atoms with Crippen molar-refractivity contribution in [3.8, 4) is 11.8 Å². The number of aromatic nitrogens is 2. The lowest BCUT2D eigenvalue weighted by atomic mass is 10.2. The van der Waals surface area contributed by atoms with Gasteiger partial charge >= 0.3 is 0 Å². The standard InChI is InChI=1S/C22H24N6O4S2/c1-15(14-29)25-21-17(7-6-16-4-3-5-19(12-16)28-34(2,31)32)13-24-22(27-21)26-18-8-10-20(11-9-18)33(23)30/h3-5,8-13,15,23,28-29,33H,14H2,1-2H3,(H2,24,25,26,27)/t15-/m1/s1. The Morgan fingerprint density at radius 3 is 2.53 bits per heavy atom. The van der Waals surface area contributed by atoms with Crippen LogP contribution < -0.4 is 15.4 Å². The Labute approximate surface area is 199 Å². The first kappa shape index (κ1) is 25.0. The highest BCUT2D eigenvalue weighted by Gasteiger charge is 2.10. The monoisotopic (exact) mass is 500 g/mol. The minimum Gasteiger partial charge on any atom is -0.394 e. The predicted octanol–water partition coefficient (Wildman–Crippen LogP) is 2.39. The van der Waals surface area contributed by atoms with Crippen molar-refractivity contribution in [1.82, 2.24) is 9.97 Å². The first-order valence-electron chi connectivity index (χ1n) is 10.0. The van der Waals surface area contributed by atoms with Crippen molar-refractivity contribution >= 4 is 43.8 Å². The number of nitrogens with one attached hydrogen (secondary N) is 4. The fraction of sp³-hybridized carbons (Fsp3) is 0.182. The van der Waals surface area contributed by atoms with Crippen LogP contribution in [0.15, 0.2) is 59.6 Å². The average Bonchev–Trinajstić information content (AvgIpc) is 2.78. The lowest BCUT2D eigenvalue weighted by molar-refractivity contribution is 0.281. The van der Waals surface area contributed by atoms with Crippen LogP contribution >= 0.6 is 0 Å². The van der Waals surface area contributed by atoms with Crippen molar-refractivity contribution in [3.05, 3.63) is 65.9 Å². The third kappa shape index (κ3) is 7.45. The summed E-state index contributed by atoms with van der Waals surface area (Å²) in [6, 6.07) is 12.9. The van der Waals surface area contributed by atoms with E-state index in [1.54, 1.807) is 55.5 Å². The third-order valence-corrected chi connectivity index (χ3v) is 5.68. The summed E-state index contributed by atoms with van der Waals surface area (Å²) < 4.78 is 43.9. The smallest absolute Gasteiger partial charge is 0.229 e. The Balaban J connectivity index is 1.88. The van der Waals surface area contributed by atoms with E-state index in [0.29, 0.717) is 33.2 Å². The molecule has 34 heavy (non-hydrogen) atoms. The number of benzene rings is 2. The molecule has 5 N–H and O–H groups in total. The second-order valence-corrected chi connectivity index (χ2v) is 10.2. The topological polar surface area (TPSA) is 157 Å². The molecule has 0 bridgehead atoms. The average molecular weight is 501 g/mol. The molecule has 1 unspecified atom stereocenters. The summed E-state index contributed by atoms with van der Waals surface area (Å²) >= 11 is 0. The Morgan fingerprint density at radius 1 is 1.15 bits per heavy atom. The molecular weight excluding hydrogens is 476 g/mol. The van der Waals surface area contributed by atoms with Gasteiger partial charge in [0.15, 0.2) is 0 Å². The molecule has 2 atom stereocenters. The fourth-order valence-corrected chi connectivity index (χ4v) is 3.72. The van der Waals surface area contributed by atoms with Gasteiger partial charge in [-0.05, 0) is 49.4 Å². The minimum atomic E-state index is -3.40. The summed E-state index contributed by atoms with van der Waals surface area (Å²) in [6.07, 6.45) is 2.60. The van der Waals surface area contributed by atoms with Gasteiger partial charge in [0.05, 0.1) is 35.2 Å². The van der Waals surface area contributed by atoms with E-state index >= 15 is 0 Å². The third-order valence-electron chi connectivity index (χ3n) is 4.31. The molecule has 0 aliphatic rings. The number of sulfonamides is 1. The highest BCUT2D eigenvalue weighted by Crippen LogP contribution is 2.19. The maximum absolute atomic E-state index is 11.5. The van der Waals surface area contributed by atoms with Crippen LogP contribution in [0.1, 0.15) is 18.1 Å². The van der Waals surface area contributed by atoms with Crippen molar-refractivity contribution < 1.29 is 17.7 Å². The summed E-state index contributed by atoms with van der Waals surface area (Å²) in [5.74, 6) is 6.64.